The van der Waals surface area contributed by atoms with Crippen molar-refractivity contribution in [1.29, 1.82) is 0 Å². The zero-order valence-corrected chi connectivity index (χ0v) is 41.8. The van der Waals surface area contributed by atoms with E-state index in [9.17, 15) is 15.0 Å². The van der Waals surface area contributed by atoms with Crippen molar-refractivity contribution in [2.45, 2.75) is 276 Å². The van der Waals surface area contributed by atoms with Crippen LogP contribution in [0.1, 0.15) is 264 Å². The second-order valence-corrected chi connectivity index (χ2v) is 18.3. The molecule has 2 unspecified atom stereocenters. The molecule has 0 spiro atoms. The number of hydrogen-bond donors (Lipinski definition) is 3. The Bertz CT molecular complexity index is 1130. The molecule has 0 heterocycles. The van der Waals surface area contributed by atoms with Crippen LogP contribution < -0.4 is 5.32 Å². The highest BCUT2D eigenvalue weighted by Crippen LogP contribution is 2.16. The third kappa shape index (κ3) is 50.4. The van der Waals surface area contributed by atoms with Crippen LogP contribution >= 0.6 is 0 Å². The molecule has 364 valence electrons. The van der Waals surface area contributed by atoms with Gasteiger partial charge in [-0.15, -0.1) is 0 Å². The van der Waals surface area contributed by atoms with Crippen LogP contribution in [0.2, 0.25) is 0 Å². The number of carbonyl (C=O) groups excluding carboxylic acids is 1. The molecule has 4 nitrogen and oxygen atoms in total. The average molecular weight is 876 g/mol. The van der Waals surface area contributed by atoms with Gasteiger partial charge < -0.3 is 15.5 Å². The Morgan fingerprint density at radius 3 is 1.11 bits per heavy atom. The number of carbonyl (C=O) groups is 1. The van der Waals surface area contributed by atoms with Gasteiger partial charge >= 0.3 is 0 Å². The van der Waals surface area contributed by atoms with Crippen molar-refractivity contribution in [2.75, 3.05) is 6.61 Å². The van der Waals surface area contributed by atoms with Gasteiger partial charge in [-0.1, -0.05) is 266 Å². The highest BCUT2D eigenvalue weighted by Gasteiger charge is 2.17. The molecule has 0 fully saturated rings. The molecule has 63 heavy (non-hydrogen) atoms. The summed E-state index contributed by atoms with van der Waals surface area (Å²) in [5, 5.41) is 23.0. The summed E-state index contributed by atoms with van der Waals surface area (Å²) >= 11 is 0. The van der Waals surface area contributed by atoms with Crippen LogP contribution in [0, 0.1) is 0 Å². The third-order valence-corrected chi connectivity index (χ3v) is 12.1. The number of aliphatic hydroxyl groups excluding tert-OH is 2. The Balaban J connectivity index is 3.47. The van der Waals surface area contributed by atoms with Crippen LogP contribution in [0.4, 0.5) is 0 Å². The fourth-order valence-electron chi connectivity index (χ4n) is 7.99. The van der Waals surface area contributed by atoms with Gasteiger partial charge in [0.25, 0.3) is 0 Å². The summed E-state index contributed by atoms with van der Waals surface area (Å²) < 4.78 is 0. The molecule has 2 atom stereocenters. The number of unbranched alkanes of at least 4 members (excludes halogenated alkanes) is 30. The number of nitrogens with one attached hydrogen (secondary N) is 1. The van der Waals surface area contributed by atoms with Gasteiger partial charge in [-0.3, -0.25) is 4.79 Å². The van der Waals surface area contributed by atoms with E-state index in [1.54, 1.807) is 6.08 Å². The summed E-state index contributed by atoms with van der Waals surface area (Å²) in [5.41, 5.74) is 0. The Morgan fingerprint density at radius 2 is 0.714 bits per heavy atom. The average Bonchev–Trinajstić information content (AvgIpc) is 3.29. The maximum Gasteiger partial charge on any atom is 0.220 e. The summed E-state index contributed by atoms with van der Waals surface area (Å²) in [7, 11) is 0. The molecule has 0 radical (unpaired) electrons. The van der Waals surface area contributed by atoms with Gasteiger partial charge in [0.1, 0.15) is 0 Å². The van der Waals surface area contributed by atoms with Crippen LogP contribution in [0.25, 0.3) is 0 Å². The molecule has 3 N–H and O–H groups in total. The SMILES string of the molecule is CC/C=C\C/C=C\C/C=C\C/C=C\C/C=C\CCCCCCCCCCCCCCCCCCCCCCCC(=O)NC(CO)C(O)/C=C/CC/C=C/CCCCCCCCCC. The molecule has 0 bridgehead atoms. The fourth-order valence-corrected chi connectivity index (χ4v) is 7.99. The minimum absolute atomic E-state index is 0.0732. The van der Waals surface area contributed by atoms with Crippen LogP contribution in [-0.4, -0.2) is 34.9 Å². The van der Waals surface area contributed by atoms with Crippen LogP contribution in [0.5, 0.6) is 0 Å². The largest absolute Gasteiger partial charge is 0.394 e. The van der Waals surface area contributed by atoms with Crippen molar-refractivity contribution in [2.24, 2.45) is 0 Å². The predicted molar refractivity (Wildman–Crippen MR) is 280 cm³/mol. The monoisotopic (exact) mass is 876 g/mol. The van der Waals surface area contributed by atoms with E-state index in [4.69, 9.17) is 0 Å². The number of amides is 1. The van der Waals surface area contributed by atoms with E-state index in [1.165, 1.54) is 180 Å². The zero-order chi connectivity index (χ0) is 45.6. The lowest BCUT2D eigenvalue weighted by atomic mass is 10.0. The summed E-state index contributed by atoms with van der Waals surface area (Å²) in [5.74, 6) is -0.0732. The molecule has 0 aliphatic heterocycles. The summed E-state index contributed by atoms with van der Waals surface area (Å²) in [6.45, 7) is 4.18. The minimum atomic E-state index is -0.863. The van der Waals surface area contributed by atoms with E-state index in [0.717, 1.165) is 64.2 Å². The van der Waals surface area contributed by atoms with Crippen molar-refractivity contribution in [3.8, 4) is 0 Å². The first-order valence-corrected chi connectivity index (χ1v) is 27.3. The minimum Gasteiger partial charge on any atom is -0.394 e. The van der Waals surface area contributed by atoms with E-state index >= 15 is 0 Å². The molecule has 0 aromatic heterocycles. The van der Waals surface area contributed by atoms with Crippen molar-refractivity contribution in [3.63, 3.8) is 0 Å². The van der Waals surface area contributed by atoms with E-state index in [-0.39, 0.29) is 12.5 Å². The van der Waals surface area contributed by atoms with Crippen molar-refractivity contribution < 1.29 is 15.0 Å². The van der Waals surface area contributed by atoms with Crippen LogP contribution in [-0.2, 0) is 4.79 Å². The number of rotatable bonds is 49. The predicted octanol–water partition coefficient (Wildman–Crippen LogP) is 18.0. The van der Waals surface area contributed by atoms with Gasteiger partial charge in [0.15, 0.2) is 0 Å². The zero-order valence-electron chi connectivity index (χ0n) is 41.8. The lowest BCUT2D eigenvalue weighted by Crippen LogP contribution is -2.45. The molecule has 0 saturated carbocycles. The van der Waals surface area contributed by atoms with Gasteiger partial charge in [0.05, 0.1) is 18.8 Å². The van der Waals surface area contributed by atoms with Crippen LogP contribution in [0.3, 0.4) is 0 Å². The summed E-state index contributed by atoms with van der Waals surface area (Å²) in [6.07, 6.45) is 78.9. The quantitative estimate of drug-likeness (QED) is 0.0421. The van der Waals surface area contributed by atoms with Gasteiger partial charge in [0.2, 0.25) is 5.91 Å². The van der Waals surface area contributed by atoms with Crippen molar-refractivity contribution in [3.05, 3.63) is 85.1 Å². The molecule has 0 rings (SSSR count). The molecule has 1 amide bonds. The van der Waals surface area contributed by atoms with Gasteiger partial charge in [-0.05, 0) is 77.0 Å². The second-order valence-electron chi connectivity index (χ2n) is 18.3. The number of hydrogen-bond acceptors (Lipinski definition) is 3. The molecular weight excluding hydrogens is 771 g/mol. The molecule has 0 saturated heterocycles. The number of allylic oxidation sites excluding steroid dienone is 13. The van der Waals surface area contributed by atoms with E-state index in [2.05, 4.69) is 92.1 Å². The lowest BCUT2D eigenvalue weighted by Gasteiger charge is -2.19. The van der Waals surface area contributed by atoms with Gasteiger partial charge in [-0.2, -0.15) is 0 Å². The Kier molecular flexibility index (Phi) is 51.8. The third-order valence-electron chi connectivity index (χ3n) is 12.1. The van der Waals surface area contributed by atoms with Gasteiger partial charge in [0, 0.05) is 6.42 Å². The summed E-state index contributed by atoms with van der Waals surface area (Å²) in [4.78, 5) is 12.4. The molecular formula is C59H105NO3. The Labute approximate surface area is 392 Å². The van der Waals surface area contributed by atoms with E-state index < -0.39 is 12.1 Å². The first-order valence-electron chi connectivity index (χ1n) is 27.3. The lowest BCUT2D eigenvalue weighted by molar-refractivity contribution is -0.123. The van der Waals surface area contributed by atoms with Crippen LogP contribution in [0.15, 0.2) is 85.1 Å². The fraction of sp³-hybridized carbons (Fsp3) is 0.746. The normalized spacial score (nSPS) is 13.5. The van der Waals surface area contributed by atoms with E-state index in [0.29, 0.717) is 6.42 Å². The Hall–Kier alpha value is -2.43. The first kappa shape index (κ1) is 60.6. The maximum absolute atomic E-state index is 12.4. The number of aliphatic hydroxyl groups is 2. The molecule has 0 aliphatic rings. The molecule has 4 heteroatoms. The molecule has 0 aromatic rings. The van der Waals surface area contributed by atoms with Crippen molar-refractivity contribution in [1.82, 2.24) is 5.32 Å². The molecule has 0 aromatic carbocycles. The highest BCUT2D eigenvalue weighted by molar-refractivity contribution is 5.76. The topological polar surface area (TPSA) is 69.6 Å². The van der Waals surface area contributed by atoms with Crippen molar-refractivity contribution >= 4 is 5.91 Å². The molecule has 0 aliphatic carbocycles. The standard InChI is InChI=1S/C59H105NO3/c1-3-5-7-9-11-13-15-17-19-20-21-22-23-24-25-26-27-28-29-30-31-32-33-34-35-36-37-38-39-40-41-43-45-47-49-51-53-55-59(63)60-57(56-61)58(62)54-52-50-48-46-44-42-18-16-14-12-10-8-6-4-2/h5,7,11,13,17,19,21-22,24-25,44,46,52,54,57-58,61-62H,3-4,6,8-10,12,14-16,18,20,23,26-43,45,47-51,53,55-56H2,1-2H3,(H,60,63)/b7-5-,13-11-,19-17-,22-21-,25-24-,46-44+,54-52+. The highest BCUT2D eigenvalue weighted by atomic mass is 16.3. The second kappa shape index (κ2) is 53.9. The van der Waals surface area contributed by atoms with E-state index in [1.807, 2.05) is 6.08 Å². The smallest absolute Gasteiger partial charge is 0.220 e. The maximum atomic E-state index is 12.4. The summed E-state index contributed by atoms with van der Waals surface area (Å²) in [6, 6.07) is -0.640. The Morgan fingerprint density at radius 1 is 0.397 bits per heavy atom. The van der Waals surface area contributed by atoms with Gasteiger partial charge in [-0.25, -0.2) is 0 Å². The first-order chi connectivity index (χ1) is 31.2.